The molecule has 4 aliphatic heterocycles. The van der Waals surface area contributed by atoms with Gasteiger partial charge in [0, 0.05) is 94.1 Å². The van der Waals surface area contributed by atoms with Crippen LogP contribution in [0.5, 0.6) is 11.5 Å². The highest BCUT2D eigenvalue weighted by Crippen LogP contribution is 2.49. The Morgan fingerprint density at radius 3 is 2.20 bits per heavy atom. The Balaban J connectivity index is 1.46. The number of methoxy groups -OCH3 is 1. The number of carbonyl (C=O) groups excluding carboxylic acids is 5. The van der Waals surface area contributed by atoms with E-state index in [1.165, 1.54) is 65.2 Å². The lowest BCUT2D eigenvalue weighted by Gasteiger charge is -2.40. The number of rotatable bonds is 5. The Hall–Kier alpha value is -5.60. The molecule has 2 aromatic carbocycles. The summed E-state index contributed by atoms with van der Waals surface area (Å²) in [5.41, 5.74) is -1.34. The maximum atomic E-state index is 15.1. The Labute approximate surface area is 387 Å². The zero-order valence-electron chi connectivity index (χ0n) is 38.2. The molecule has 0 saturated carbocycles. The van der Waals surface area contributed by atoms with Crippen LogP contribution < -0.4 is 20.2 Å². The number of nitrogens with zero attached hydrogens (tertiary/aromatic N) is 2. The number of piperazine rings is 1. The van der Waals surface area contributed by atoms with Crippen molar-refractivity contribution in [3.05, 3.63) is 98.2 Å². The van der Waals surface area contributed by atoms with E-state index in [9.17, 15) is 44.9 Å². The third-order valence-corrected chi connectivity index (χ3v) is 13.4. The van der Waals surface area contributed by atoms with Crippen LogP contribution in [0.25, 0.3) is 0 Å². The number of carbonyl (C=O) groups is 5. The lowest BCUT2D eigenvalue weighted by molar-refractivity contribution is -0.991. The minimum atomic E-state index is -2.14. The molecule has 1 aliphatic carbocycles. The van der Waals surface area contributed by atoms with Crippen molar-refractivity contribution < 1.29 is 68.7 Å². The van der Waals surface area contributed by atoms with Crippen molar-refractivity contribution in [2.45, 2.75) is 85.6 Å². The minimum Gasteiger partial charge on any atom is -0.595 e. The van der Waals surface area contributed by atoms with Crippen molar-refractivity contribution in [1.82, 2.24) is 10.2 Å². The van der Waals surface area contributed by atoms with Crippen LogP contribution in [0.4, 0.5) is 11.4 Å². The molecule has 5 bridgehead atoms. The van der Waals surface area contributed by atoms with Crippen LogP contribution in [0.1, 0.15) is 85.1 Å². The van der Waals surface area contributed by atoms with Gasteiger partial charge in [-0.05, 0) is 26.0 Å². The summed E-state index contributed by atoms with van der Waals surface area (Å²) >= 11 is 6.50. The molecule has 19 heteroatoms. The summed E-state index contributed by atoms with van der Waals surface area (Å²) in [4.78, 5) is 74.3. The maximum absolute atomic E-state index is 15.1. The van der Waals surface area contributed by atoms with E-state index in [0.717, 1.165) is 6.26 Å². The number of halogens is 1. The Kier molecular flexibility index (Phi) is 14.9. The first-order valence-corrected chi connectivity index (χ1v) is 22.0. The molecule has 10 unspecified atom stereocenters. The SMILES string of the molecule is COC1C=COC2(C)Oc3c(C)c(O)c4c(c3C2=O)C(=O)C(N2CCN(c3ccc([NH+]([O-])O)cc3Cl)CC2)=C(NC(=O)C(C)=CC=CC(C)C(O)C(C)C(O)C(C)C(OC(C)=O)C1C)C4=O. The number of benzene rings is 2. The molecule has 6 N–H and O–H groups in total. The first-order chi connectivity index (χ1) is 31.0. The standard InChI is InChI=1S/C47H57ClN4O14/c1-22-11-10-12-23(2)46(60)49-36-37(51-18-16-50(17-19-51)31-14-13-29(52(61)62)21-30(31)48)42(58)33-34(41(36)57)40(56)27(6)44-35(33)45(59)47(8,66-44)64-20-15-32(63-9)24(3)43(65-28(7)53)26(5)39(55)25(4)38(22)54/h10-15,20-22,24-26,32,38-39,43,52,54-56,61H,16-19H2,1-9H3,(H,49,60). The molecule has 5 aliphatic rings. The monoisotopic (exact) mass is 936 g/mol. The quantitative estimate of drug-likeness (QED) is 0.184. The van der Waals surface area contributed by atoms with Crippen LogP contribution >= 0.6 is 11.6 Å². The first kappa shape index (κ1) is 49.8. The summed E-state index contributed by atoms with van der Waals surface area (Å²) in [5.74, 6) is -9.66. The average molecular weight is 937 g/mol. The van der Waals surface area contributed by atoms with Crippen LogP contribution in [0.2, 0.25) is 5.02 Å². The Morgan fingerprint density at radius 1 is 0.939 bits per heavy atom. The second-order valence-corrected chi connectivity index (χ2v) is 17.9. The summed E-state index contributed by atoms with van der Waals surface area (Å²) in [7, 11) is 1.41. The normalized spacial score (nSPS) is 29.3. The topological polar surface area (TPSA) is 249 Å². The molecule has 0 spiro atoms. The lowest BCUT2D eigenvalue weighted by atomic mass is 9.78. The number of hydrogen-bond donors (Lipinski definition) is 6. The number of aliphatic hydroxyl groups excluding tert-OH is 2. The summed E-state index contributed by atoms with van der Waals surface area (Å²) in [6.07, 6.45) is 3.19. The number of hydrogen-bond acceptors (Lipinski definition) is 16. The Morgan fingerprint density at radius 2 is 1.59 bits per heavy atom. The maximum Gasteiger partial charge on any atom is 0.312 e. The van der Waals surface area contributed by atoms with E-state index >= 15 is 4.79 Å². The van der Waals surface area contributed by atoms with E-state index in [2.05, 4.69) is 5.32 Å². The van der Waals surface area contributed by atoms with Crippen molar-refractivity contribution in [3.63, 3.8) is 0 Å². The molecule has 1 fully saturated rings. The van der Waals surface area contributed by atoms with Crippen LogP contribution in [0.15, 0.2) is 65.7 Å². The highest BCUT2D eigenvalue weighted by atomic mass is 35.5. The number of phenols is 1. The summed E-state index contributed by atoms with van der Waals surface area (Å²) < 4.78 is 23.6. The number of amides is 1. The number of ether oxygens (including phenoxy) is 4. The number of quaternary nitrogens is 1. The molecule has 2 aromatic rings. The van der Waals surface area contributed by atoms with Gasteiger partial charge in [-0.2, -0.15) is 5.23 Å². The number of aromatic hydroxyl groups is 1. The minimum absolute atomic E-state index is 0.000742. The second-order valence-electron chi connectivity index (χ2n) is 17.5. The van der Waals surface area contributed by atoms with Gasteiger partial charge in [0.2, 0.25) is 11.6 Å². The number of aliphatic hydroxyl groups is 2. The third-order valence-electron chi connectivity index (χ3n) is 13.1. The van der Waals surface area contributed by atoms with Gasteiger partial charge in [-0.1, -0.05) is 57.5 Å². The molecule has 18 nitrogen and oxygen atoms in total. The van der Waals surface area contributed by atoms with E-state index in [1.54, 1.807) is 44.7 Å². The zero-order valence-corrected chi connectivity index (χ0v) is 39.0. The molecular weight excluding hydrogens is 880 g/mol. The smallest absolute Gasteiger partial charge is 0.312 e. The fraction of sp³-hybridized carbons (Fsp3) is 0.468. The van der Waals surface area contributed by atoms with Crippen LogP contribution in [0.3, 0.4) is 0 Å². The first-order valence-electron chi connectivity index (χ1n) is 21.6. The van der Waals surface area contributed by atoms with E-state index < -0.39 is 111 Å². The highest BCUT2D eigenvalue weighted by Gasteiger charge is 2.53. The van der Waals surface area contributed by atoms with Gasteiger partial charge in [-0.15, -0.1) is 0 Å². The number of fused-ring (bicyclic) bond motifs is 14. The van der Waals surface area contributed by atoms with E-state index in [-0.39, 0.29) is 65.0 Å². The van der Waals surface area contributed by atoms with Crippen molar-refractivity contribution in [1.29, 1.82) is 0 Å². The predicted molar refractivity (Wildman–Crippen MR) is 239 cm³/mol. The largest absolute Gasteiger partial charge is 0.595 e. The third kappa shape index (κ3) is 9.36. The van der Waals surface area contributed by atoms with Gasteiger partial charge in [0.1, 0.15) is 29.0 Å². The number of nitrogens with one attached hydrogen (secondary N) is 2. The molecule has 4 heterocycles. The highest BCUT2D eigenvalue weighted by molar-refractivity contribution is 6.34. The van der Waals surface area contributed by atoms with Gasteiger partial charge in [0.05, 0.1) is 52.0 Å². The fourth-order valence-electron chi connectivity index (χ4n) is 9.04. The number of anilines is 1. The summed E-state index contributed by atoms with van der Waals surface area (Å²) in [6, 6.07) is 4.33. The molecular formula is C47H57ClN4O14. The van der Waals surface area contributed by atoms with E-state index in [1.807, 2.05) is 4.90 Å². The number of Topliss-reactive ketones (excluding diaryl/α,β-unsaturated/α-hetero) is 3. The van der Waals surface area contributed by atoms with Crippen molar-refractivity contribution in [3.8, 4) is 11.5 Å². The number of phenolic OH excluding ortho intramolecular Hbond substituents is 1. The van der Waals surface area contributed by atoms with Crippen molar-refractivity contribution >= 4 is 52.2 Å². The van der Waals surface area contributed by atoms with Crippen molar-refractivity contribution in [2.75, 3.05) is 38.2 Å². The van der Waals surface area contributed by atoms with Gasteiger partial charge >= 0.3 is 11.8 Å². The van der Waals surface area contributed by atoms with E-state index in [0.29, 0.717) is 5.69 Å². The molecule has 7 rings (SSSR count). The van der Waals surface area contributed by atoms with Gasteiger partial charge in [-0.3, -0.25) is 24.0 Å². The molecule has 66 heavy (non-hydrogen) atoms. The lowest BCUT2D eigenvalue weighted by Crippen LogP contribution is -2.99. The summed E-state index contributed by atoms with van der Waals surface area (Å²) in [6.45, 7) is 12.9. The number of esters is 1. The van der Waals surface area contributed by atoms with Gasteiger partial charge < -0.3 is 54.6 Å². The Bertz CT molecular complexity index is 2420. The van der Waals surface area contributed by atoms with Gasteiger partial charge in [0.15, 0.2) is 5.69 Å². The van der Waals surface area contributed by atoms with Crippen LogP contribution in [-0.4, -0.2) is 118 Å². The van der Waals surface area contributed by atoms with Crippen LogP contribution in [0, 0.1) is 35.8 Å². The molecule has 10 atom stereocenters. The fourth-order valence-corrected chi connectivity index (χ4v) is 9.35. The predicted octanol–water partition coefficient (Wildman–Crippen LogP) is 3.84. The molecule has 356 valence electrons. The zero-order chi connectivity index (χ0) is 48.7. The summed E-state index contributed by atoms with van der Waals surface area (Å²) in [5, 5.41) is 57.3. The van der Waals surface area contributed by atoms with Crippen molar-refractivity contribution in [2.24, 2.45) is 23.7 Å². The number of allylic oxidation sites excluding steroid dienone is 4. The second kappa shape index (κ2) is 19.7. The van der Waals surface area contributed by atoms with Gasteiger partial charge in [-0.25, -0.2) is 5.21 Å². The van der Waals surface area contributed by atoms with Crippen LogP contribution in [-0.2, 0) is 23.8 Å². The molecule has 1 saturated heterocycles. The van der Waals surface area contributed by atoms with E-state index in [4.69, 9.17) is 30.5 Å². The molecule has 0 aromatic heterocycles. The molecule has 1 amide bonds. The number of ketones is 3. The van der Waals surface area contributed by atoms with Gasteiger partial charge in [0.25, 0.3) is 11.7 Å². The molecule has 0 radical (unpaired) electrons. The average Bonchev–Trinajstić information content (AvgIpc) is 3.54.